The van der Waals surface area contributed by atoms with E-state index in [1.54, 1.807) is 19.1 Å². The maximum Gasteiger partial charge on any atom is 0.319 e. The van der Waals surface area contributed by atoms with Gasteiger partial charge in [-0.15, -0.1) is 0 Å². The van der Waals surface area contributed by atoms with E-state index in [2.05, 4.69) is 10.6 Å². The molecule has 6 heteroatoms. The van der Waals surface area contributed by atoms with Crippen molar-refractivity contribution in [3.8, 4) is 0 Å². The maximum atomic E-state index is 13.5. The molecule has 1 aromatic rings. The summed E-state index contributed by atoms with van der Waals surface area (Å²) in [5, 5.41) is 13.5. The Labute approximate surface area is 117 Å². The third-order valence-corrected chi connectivity index (χ3v) is 2.81. The van der Waals surface area contributed by atoms with Gasteiger partial charge in [0.1, 0.15) is 5.82 Å². The van der Waals surface area contributed by atoms with E-state index >= 15 is 0 Å². The number of carboxylic acid groups (broad SMARTS) is 1. The monoisotopic (exact) mass is 282 g/mol. The first kappa shape index (κ1) is 15.9. The fourth-order valence-corrected chi connectivity index (χ4v) is 1.73. The molecule has 0 saturated heterocycles. The van der Waals surface area contributed by atoms with Gasteiger partial charge >= 0.3 is 12.0 Å². The number of carbonyl (C=O) groups excluding carboxylic acids is 1. The quantitative estimate of drug-likeness (QED) is 0.673. The molecule has 0 aliphatic carbocycles. The number of rotatable bonds is 7. The SMILES string of the molecule is Cc1cccc(F)c1NC(=O)NCCCCCC(=O)O. The van der Waals surface area contributed by atoms with Gasteiger partial charge < -0.3 is 15.7 Å². The van der Waals surface area contributed by atoms with Crippen molar-refractivity contribution in [2.45, 2.75) is 32.6 Å². The normalized spacial score (nSPS) is 10.1. The summed E-state index contributed by atoms with van der Waals surface area (Å²) in [6.45, 7) is 2.14. The van der Waals surface area contributed by atoms with Crippen LogP contribution in [0, 0.1) is 12.7 Å². The third-order valence-electron chi connectivity index (χ3n) is 2.81. The molecular formula is C14H19FN2O3. The summed E-state index contributed by atoms with van der Waals surface area (Å²) in [6.07, 6.45) is 2.15. The van der Waals surface area contributed by atoms with Crippen LogP contribution in [0.2, 0.25) is 0 Å². The van der Waals surface area contributed by atoms with Gasteiger partial charge in [0.25, 0.3) is 0 Å². The van der Waals surface area contributed by atoms with E-state index in [1.165, 1.54) is 6.07 Å². The van der Waals surface area contributed by atoms with Crippen LogP contribution in [0.25, 0.3) is 0 Å². The molecule has 0 spiro atoms. The number of nitrogens with one attached hydrogen (secondary N) is 2. The molecule has 0 heterocycles. The van der Waals surface area contributed by atoms with Crippen LogP contribution in [-0.4, -0.2) is 23.7 Å². The molecule has 1 aromatic carbocycles. The van der Waals surface area contributed by atoms with Crippen molar-refractivity contribution in [2.24, 2.45) is 0 Å². The van der Waals surface area contributed by atoms with Crippen molar-refractivity contribution >= 4 is 17.7 Å². The lowest BCUT2D eigenvalue weighted by atomic mass is 10.2. The second-order valence-electron chi connectivity index (χ2n) is 4.52. The van der Waals surface area contributed by atoms with E-state index in [0.29, 0.717) is 24.9 Å². The number of benzene rings is 1. The number of para-hydroxylation sites is 1. The highest BCUT2D eigenvalue weighted by Crippen LogP contribution is 2.18. The number of amides is 2. The second kappa shape index (κ2) is 8.14. The van der Waals surface area contributed by atoms with E-state index in [4.69, 9.17) is 5.11 Å². The fraction of sp³-hybridized carbons (Fsp3) is 0.429. The predicted octanol–water partition coefficient (Wildman–Crippen LogP) is 2.90. The Bertz CT molecular complexity index is 457. The first-order valence-electron chi connectivity index (χ1n) is 6.52. The van der Waals surface area contributed by atoms with Crippen molar-refractivity contribution in [1.82, 2.24) is 5.32 Å². The molecule has 0 unspecified atom stereocenters. The molecule has 0 aliphatic rings. The maximum absolute atomic E-state index is 13.5. The number of carbonyl (C=O) groups is 2. The summed E-state index contributed by atoms with van der Waals surface area (Å²) >= 11 is 0. The van der Waals surface area contributed by atoms with Crippen LogP contribution in [0.5, 0.6) is 0 Å². The lowest BCUT2D eigenvalue weighted by molar-refractivity contribution is -0.137. The van der Waals surface area contributed by atoms with E-state index in [-0.39, 0.29) is 12.1 Å². The topological polar surface area (TPSA) is 78.4 Å². The summed E-state index contributed by atoms with van der Waals surface area (Å²) in [4.78, 5) is 21.9. The molecule has 110 valence electrons. The number of anilines is 1. The molecule has 0 aromatic heterocycles. The Hall–Kier alpha value is -2.11. The van der Waals surface area contributed by atoms with Gasteiger partial charge in [-0.2, -0.15) is 0 Å². The summed E-state index contributed by atoms with van der Waals surface area (Å²) in [6, 6.07) is 4.12. The Balaban J connectivity index is 2.25. The van der Waals surface area contributed by atoms with Crippen molar-refractivity contribution in [3.05, 3.63) is 29.6 Å². The van der Waals surface area contributed by atoms with Gasteiger partial charge in [0.15, 0.2) is 0 Å². The first-order chi connectivity index (χ1) is 9.50. The van der Waals surface area contributed by atoms with Crippen LogP contribution in [0.1, 0.15) is 31.2 Å². The van der Waals surface area contributed by atoms with Gasteiger partial charge in [-0.3, -0.25) is 4.79 Å². The second-order valence-corrected chi connectivity index (χ2v) is 4.52. The molecule has 0 fully saturated rings. The van der Waals surface area contributed by atoms with Gasteiger partial charge in [-0.25, -0.2) is 9.18 Å². The lowest BCUT2D eigenvalue weighted by Crippen LogP contribution is -2.30. The molecule has 1 rings (SSSR count). The van der Waals surface area contributed by atoms with Crippen molar-refractivity contribution in [3.63, 3.8) is 0 Å². The van der Waals surface area contributed by atoms with Crippen molar-refractivity contribution < 1.29 is 19.1 Å². The summed E-state index contributed by atoms with van der Waals surface area (Å²) < 4.78 is 13.5. The zero-order valence-corrected chi connectivity index (χ0v) is 11.4. The molecule has 20 heavy (non-hydrogen) atoms. The third kappa shape index (κ3) is 5.69. The van der Waals surface area contributed by atoms with E-state index in [9.17, 15) is 14.0 Å². The zero-order valence-electron chi connectivity index (χ0n) is 11.4. The average Bonchev–Trinajstić information content (AvgIpc) is 2.38. The summed E-state index contributed by atoms with van der Waals surface area (Å²) in [5.74, 6) is -1.28. The molecule has 0 atom stereocenters. The van der Waals surface area contributed by atoms with Gasteiger partial charge in [-0.05, 0) is 31.4 Å². The van der Waals surface area contributed by atoms with Gasteiger partial charge in [0.2, 0.25) is 0 Å². The summed E-state index contributed by atoms with van der Waals surface area (Å²) in [5.41, 5.74) is 0.831. The number of hydrogen-bond acceptors (Lipinski definition) is 2. The molecule has 0 bridgehead atoms. The summed E-state index contributed by atoms with van der Waals surface area (Å²) in [7, 11) is 0. The smallest absolute Gasteiger partial charge is 0.319 e. The molecule has 2 amide bonds. The first-order valence-corrected chi connectivity index (χ1v) is 6.52. The minimum atomic E-state index is -0.814. The van der Waals surface area contributed by atoms with Crippen LogP contribution >= 0.6 is 0 Å². The number of carboxylic acids is 1. The molecule has 3 N–H and O–H groups in total. The Morgan fingerprint density at radius 3 is 2.65 bits per heavy atom. The Morgan fingerprint density at radius 2 is 2.00 bits per heavy atom. The van der Waals surface area contributed by atoms with E-state index in [1.807, 2.05) is 0 Å². The molecular weight excluding hydrogens is 263 g/mol. The number of halogens is 1. The molecule has 0 radical (unpaired) electrons. The van der Waals surface area contributed by atoms with Gasteiger partial charge in [0.05, 0.1) is 5.69 Å². The number of aliphatic carboxylic acids is 1. The lowest BCUT2D eigenvalue weighted by Gasteiger charge is -2.10. The fourth-order valence-electron chi connectivity index (χ4n) is 1.73. The van der Waals surface area contributed by atoms with Crippen LogP contribution in [0.15, 0.2) is 18.2 Å². The van der Waals surface area contributed by atoms with Gasteiger partial charge in [-0.1, -0.05) is 18.6 Å². The number of unbranched alkanes of at least 4 members (excludes halogenated alkanes) is 2. The average molecular weight is 282 g/mol. The minimum absolute atomic E-state index is 0.140. The van der Waals surface area contributed by atoms with E-state index in [0.717, 1.165) is 6.42 Å². The minimum Gasteiger partial charge on any atom is -0.481 e. The van der Waals surface area contributed by atoms with Crippen LogP contribution in [0.4, 0.5) is 14.9 Å². The molecule has 0 saturated carbocycles. The number of urea groups is 1. The van der Waals surface area contributed by atoms with Crippen LogP contribution < -0.4 is 10.6 Å². The molecule has 5 nitrogen and oxygen atoms in total. The number of aryl methyl sites for hydroxylation is 1. The highest BCUT2D eigenvalue weighted by Gasteiger charge is 2.08. The number of hydrogen-bond donors (Lipinski definition) is 3. The van der Waals surface area contributed by atoms with Crippen molar-refractivity contribution in [2.75, 3.05) is 11.9 Å². The van der Waals surface area contributed by atoms with Crippen LogP contribution in [0.3, 0.4) is 0 Å². The zero-order chi connectivity index (χ0) is 15.0. The van der Waals surface area contributed by atoms with Crippen molar-refractivity contribution in [1.29, 1.82) is 0 Å². The highest BCUT2D eigenvalue weighted by molar-refractivity contribution is 5.90. The highest BCUT2D eigenvalue weighted by atomic mass is 19.1. The Kier molecular flexibility index (Phi) is 6.49. The van der Waals surface area contributed by atoms with Crippen LogP contribution in [-0.2, 0) is 4.79 Å². The van der Waals surface area contributed by atoms with E-state index < -0.39 is 17.8 Å². The largest absolute Gasteiger partial charge is 0.481 e. The standard InChI is InChI=1S/C14H19FN2O3/c1-10-6-5-7-11(15)13(10)17-14(20)16-9-4-2-3-8-12(18)19/h5-7H,2-4,8-9H2,1H3,(H,18,19)(H2,16,17,20). The Morgan fingerprint density at radius 1 is 1.25 bits per heavy atom. The van der Waals surface area contributed by atoms with Gasteiger partial charge in [0, 0.05) is 13.0 Å². The molecule has 0 aliphatic heterocycles. The predicted molar refractivity (Wildman–Crippen MR) is 74.3 cm³/mol.